The third-order valence-electron chi connectivity index (χ3n) is 24.1. The lowest BCUT2D eigenvalue weighted by atomic mass is 9.98. The number of hydrogen-bond donors (Lipinski definition) is 0. The van der Waals surface area contributed by atoms with Crippen molar-refractivity contribution < 1.29 is 9.47 Å². The van der Waals surface area contributed by atoms with Crippen LogP contribution in [-0.2, 0) is 0 Å². The summed E-state index contributed by atoms with van der Waals surface area (Å²) in [6, 6.07) is 166. The number of nitrogens with zero attached hydrogens (tertiary/aromatic N) is 7. The molecule has 0 atom stereocenters. The molecule has 0 amide bonds. The minimum absolute atomic E-state index is 0.565. The van der Waals surface area contributed by atoms with Gasteiger partial charge in [0.05, 0.1) is 0 Å². The molecule has 12 heteroatoms. The predicted molar refractivity (Wildman–Crippen MR) is 517 cm³/mol. The average Bonchev–Trinajstić information content (AvgIpc) is 0.707. The molecule has 3 aromatic heterocycles. The Labute approximate surface area is 729 Å². The molecule has 0 N–H and O–H groups in total. The number of aromatic nitrogens is 7. The van der Waals surface area contributed by atoms with E-state index in [4.69, 9.17) is 44.4 Å². The summed E-state index contributed by atoms with van der Waals surface area (Å²) in [4.78, 5) is 35.3. The quantitative estimate of drug-likeness (QED) is 0.0650. The first kappa shape index (κ1) is 76.5. The van der Waals surface area contributed by atoms with Gasteiger partial charge >= 0.3 is 0 Å². The van der Waals surface area contributed by atoms with Crippen molar-refractivity contribution in [2.24, 2.45) is 0 Å². The van der Waals surface area contributed by atoms with Gasteiger partial charge in [-0.3, -0.25) is 4.98 Å². The van der Waals surface area contributed by atoms with Crippen molar-refractivity contribution in [1.82, 2.24) is 34.9 Å². The topological polar surface area (TPSA) is 109 Å². The summed E-state index contributed by atoms with van der Waals surface area (Å²) in [6.45, 7) is 0. The molecule has 5 heterocycles. The molecule has 0 bridgehead atoms. The maximum atomic E-state index is 7.09. The summed E-state index contributed by atoms with van der Waals surface area (Å²) in [5.74, 6) is 7.20. The fraction of sp³-hybridized carbons (Fsp3) is 0. The molecule has 20 aromatic rings. The summed E-state index contributed by atoms with van der Waals surface area (Å²) in [5, 5.41) is 15.4. The lowest BCUT2D eigenvalue weighted by Gasteiger charge is -2.40. The minimum Gasteiger partial charge on any atom is -0.457 e. The van der Waals surface area contributed by atoms with Gasteiger partial charge < -0.3 is 9.47 Å². The highest BCUT2D eigenvalue weighted by Crippen LogP contribution is 2.42. The zero-order valence-electron chi connectivity index (χ0n) is 68.1. The molecule has 0 unspecified atom stereocenters. The largest absolute Gasteiger partial charge is 0.457 e. The van der Waals surface area contributed by atoms with Gasteiger partial charge in [0.25, 0.3) is 0 Å². The number of rotatable bonds is 17. The van der Waals surface area contributed by atoms with Crippen LogP contribution in [0.15, 0.2) is 480 Å². The first-order chi connectivity index (χ1) is 62.0. The van der Waals surface area contributed by atoms with E-state index >= 15 is 0 Å². The zero-order chi connectivity index (χ0) is 83.4. The Hall–Kier alpha value is -15.8. The lowest BCUT2D eigenvalue weighted by Crippen LogP contribution is -2.76. The van der Waals surface area contributed by atoms with E-state index < -0.39 is 24.2 Å². The second-order valence-electron chi connectivity index (χ2n) is 31.3. The van der Waals surface area contributed by atoms with E-state index in [-0.39, 0.29) is 0 Å². The fourth-order valence-electron chi connectivity index (χ4n) is 18.6. The number of fused-ring (bicyclic) bond motifs is 4. The van der Waals surface area contributed by atoms with Crippen LogP contribution < -0.4 is 71.7 Å². The van der Waals surface area contributed by atoms with Crippen molar-refractivity contribution in [2.45, 2.75) is 0 Å². The molecule has 2 aliphatic heterocycles. The van der Waals surface area contributed by atoms with Crippen molar-refractivity contribution >= 4 is 86.5 Å². The normalized spacial score (nSPS) is 12.6. The van der Waals surface area contributed by atoms with Crippen LogP contribution >= 0.6 is 0 Å². The lowest BCUT2D eigenvalue weighted by molar-refractivity contribution is 0.488. The third-order valence-corrected chi connectivity index (χ3v) is 38.6. The molecule has 125 heavy (non-hydrogen) atoms. The molecule has 0 radical (unpaired) electrons. The SMILES string of the molecule is c1ccc(-c2nc(-c3cccc(-c4cccc5c4Oc4ccccc4[Si]5(c4ccccc4)c4ccccc4)c3)nc(-c3cccc([Si](c4ccccc4)(c4ccccc4)c4ccccc4)c3)n2)cc1.c1ccc(-c2nc(-c3ccccc3)nc(-c3cncc(-c4cccc(-c5cccc6c5Oc5ccccc5[Si]6(c5ccccc5)c5ccccc5)c4)c3)n2)cc1. The van der Waals surface area contributed by atoms with Gasteiger partial charge in [-0.05, 0) is 109 Å². The van der Waals surface area contributed by atoms with Crippen LogP contribution in [0.5, 0.6) is 23.0 Å². The van der Waals surface area contributed by atoms with Gasteiger partial charge in [-0.15, -0.1) is 0 Å². The predicted octanol–water partition coefficient (Wildman–Crippen LogP) is 18.5. The smallest absolute Gasteiger partial charge is 0.188 e. The van der Waals surface area contributed by atoms with Crippen LogP contribution in [0.2, 0.25) is 0 Å². The molecule has 0 fully saturated rings. The molecule has 0 aliphatic carbocycles. The van der Waals surface area contributed by atoms with Crippen molar-refractivity contribution in [3.8, 4) is 125 Å². The summed E-state index contributed by atoms with van der Waals surface area (Å²) < 4.78 is 14.1. The number of para-hydroxylation sites is 4. The maximum Gasteiger partial charge on any atom is 0.188 e. The van der Waals surface area contributed by atoms with Gasteiger partial charge in [0, 0.05) is 62.5 Å². The highest BCUT2D eigenvalue weighted by molar-refractivity contribution is 7.22. The van der Waals surface area contributed by atoms with Crippen LogP contribution in [0, 0.1) is 0 Å². The molecule has 17 aromatic carbocycles. The van der Waals surface area contributed by atoms with E-state index in [1.807, 2.05) is 91.3 Å². The molecule has 2 aliphatic rings. The van der Waals surface area contributed by atoms with Gasteiger partial charge in [0.15, 0.2) is 59.2 Å². The van der Waals surface area contributed by atoms with Crippen molar-refractivity contribution in [3.63, 3.8) is 0 Å². The number of hydrogen-bond acceptors (Lipinski definition) is 9. The van der Waals surface area contributed by atoms with Crippen LogP contribution in [-0.4, -0.2) is 59.1 Å². The third kappa shape index (κ3) is 14.1. The Balaban J connectivity index is 0.000000156. The molecule has 0 saturated heterocycles. The van der Waals surface area contributed by atoms with E-state index in [0.717, 1.165) is 89.8 Å². The molecule has 22 rings (SSSR count). The second kappa shape index (κ2) is 33.6. The van der Waals surface area contributed by atoms with Gasteiger partial charge in [0.2, 0.25) is 0 Å². The van der Waals surface area contributed by atoms with Gasteiger partial charge in [-0.2, -0.15) is 0 Å². The van der Waals surface area contributed by atoms with E-state index in [1.54, 1.807) is 0 Å². The monoisotopic (exact) mass is 1650 g/mol. The standard InChI is InChI=1S/C63H45N3OSi2.C50H34N4OSi/c1-7-24-46(25-8-1)61-64-62(66-63(65-61)49-28-22-39-55(45-49)68(50-29-9-2-10-30-50,51-31-11-3-12-32-51)52-33-13-4-14-34-52)48-27-21-26-47(44-48)56-40-23-43-59-60(56)67-57-41-19-20-42-58(57)69(59,53-35-15-5-16-36-53)54-37-17-6-18-38-54;1-5-17-35(18-6-1)48-52-49(36-19-7-2-8-20-36)54-50(53-48)40-32-39(33-51-34-40)37-21-15-22-38(31-37)43-27-16-30-46-47(43)55-44-28-13-14-29-45(44)56(46,41-23-9-3-10-24-41)42-25-11-4-12-26-42/h1-45H;1-34H. The first-order valence-electron chi connectivity index (χ1n) is 42.1. The van der Waals surface area contributed by atoms with Gasteiger partial charge in [-0.1, -0.05) is 437 Å². The second-order valence-corrected chi connectivity index (χ2v) is 42.6. The fourth-order valence-corrected chi connectivity index (χ4v) is 33.3. The Bertz CT molecular complexity index is 7050. The van der Waals surface area contributed by atoms with Crippen LogP contribution in [0.3, 0.4) is 0 Å². The Morgan fingerprint density at radius 3 is 0.832 bits per heavy atom. The van der Waals surface area contributed by atoms with E-state index in [0.29, 0.717) is 34.9 Å². The zero-order valence-corrected chi connectivity index (χ0v) is 71.1. The summed E-state index contributed by atoms with van der Waals surface area (Å²) >= 11 is 0. The Morgan fingerprint density at radius 1 is 0.184 bits per heavy atom. The van der Waals surface area contributed by atoms with Gasteiger partial charge in [-0.25, -0.2) is 29.9 Å². The molecule has 590 valence electrons. The molecular formula is C113H79N7O2Si3. The Kier molecular flexibility index (Phi) is 20.6. The van der Waals surface area contributed by atoms with Crippen molar-refractivity contribution in [2.75, 3.05) is 0 Å². The van der Waals surface area contributed by atoms with E-state index in [9.17, 15) is 0 Å². The maximum absolute atomic E-state index is 7.09. The van der Waals surface area contributed by atoms with Gasteiger partial charge in [0.1, 0.15) is 23.0 Å². The van der Waals surface area contributed by atoms with E-state index in [2.05, 4.69) is 388 Å². The number of ether oxygens (including phenoxy) is 2. The minimum atomic E-state index is -2.85. The van der Waals surface area contributed by atoms with Crippen LogP contribution in [0.25, 0.3) is 102 Å². The van der Waals surface area contributed by atoms with Crippen molar-refractivity contribution in [3.05, 3.63) is 480 Å². The Morgan fingerprint density at radius 2 is 0.440 bits per heavy atom. The number of benzene rings is 17. The van der Waals surface area contributed by atoms with Crippen LogP contribution in [0.1, 0.15) is 0 Å². The summed E-state index contributed by atoms with van der Waals surface area (Å²) in [7, 11) is -8.45. The molecule has 0 saturated carbocycles. The summed E-state index contributed by atoms with van der Waals surface area (Å²) in [5.41, 5.74) is 11.5. The molecule has 0 spiro atoms. The van der Waals surface area contributed by atoms with E-state index in [1.165, 1.54) is 62.2 Å². The van der Waals surface area contributed by atoms with Crippen molar-refractivity contribution in [1.29, 1.82) is 0 Å². The molecule has 9 nitrogen and oxygen atoms in total. The first-order valence-corrected chi connectivity index (χ1v) is 48.1. The van der Waals surface area contributed by atoms with Crippen LogP contribution in [0.4, 0.5) is 0 Å². The highest BCUT2D eigenvalue weighted by Gasteiger charge is 2.51. The summed E-state index contributed by atoms with van der Waals surface area (Å²) in [6.07, 6.45) is 3.72. The average molecular weight is 1650 g/mol. The number of pyridine rings is 1. The highest BCUT2D eigenvalue weighted by atomic mass is 28.3. The molecular weight excluding hydrogens is 1570 g/mol.